The molecule has 11 nitrogen and oxygen atoms in total. The molecule has 0 bridgehead atoms. The quantitative estimate of drug-likeness (QED) is 0.387. The topological polar surface area (TPSA) is 162 Å². The van der Waals surface area contributed by atoms with Crippen LogP contribution in [-0.4, -0.2) is 24.2 Å². The van der Waals surface area contributed by atoms with Crippen LogP contribution in [0.3, 0.4) is 0 Å². The summed E-state index contributed by atoms with van der Waals surface area (Å²) >= 11 is 0. The minimum atomic E-state index is -3.89. The molecule has 0 fully saturated rings. The number of benzene rings is 3. The van der Waals surface area contributed by atoms with Crippen LogP contribution in [0.1, 0.15) is 21.5 Å². The first-order chi connectivity index (χ1) is 15.5. The maximum atomic E-state index is 12.6. The third-order valence-electron chi connectivity index (χ3n) is 4.82. The molecule has 170 valence electrons. The van der Waals surface area contributed by atoms with Gasteiger partial charge in [-0.3, -0.25) is 29.7 Å². The minimum Gasteiger partial charge on any atom is -0.322 e. The van der Waals surface area contributed by atoms with E-state index in [1.807, 2.05) is 13.8 Å². The van der Waals surface area contributed by atoms with E-state index in [1.54, 1.807) is 18.2 Å². The molecule has 0 radical (unpaired) electrons. The Bertz CT molecular complexity index is 1370. The van der Waals surface area contributed by atoms with Crippen molar-refractivity contribution in [1.29, 1.82) is 0 Å². The highest BCUT2D eigenvalue weighted by atomic mass is 32.2. The highest BCUT2D eigenvalue weighted by molar-refractivity contribution is 7.92. The molecule has 0 atom stereocenters. The Balaban J connectivity index is 1.79. The van der Waals surface area contributed by atoms with Gasteiger partial charge in [0.15, 0.2) is 0 Å². The molecule has 3 aromatic carbocycles. The Labute approximate surface area is 188 Å². The zero-order chi connectivity index (χ0) is 24.3. The second-order valence-electron chi connectivity index (χ2n) is 7.10. The summed E-state index contributed by atoms with van der Waals surface area (Å²) in [6.45, 7) is 3.77. The predicted molar refractivity (Wildman–Crippen MR) is 121 cm³/mol. The summed E-state index contributed by atoms with van der Waals surface area (Å²) in [4.78, 5) is 32.8. The van der Waals surface area contributed by atoms with Crippen molar-refractivity contribution >= 4 is 38.7 Å². The van der Waals surface area contributed by atoms with E-state index < -0.39 is 37.2 Å². The van der Waals surface area contributed by atoms with Crippen molar-refractivity contribution in [2.24, 2.45) is 0 Å². The van der Waals surface area contributed by atoms with Gasteiger partial charge in [0, 0.05) is 17.4 Å². The number of nitro benzene ring substituents is 2. The lowest BCUT2D eigenvalue weighted by Crippen LogP contribution is -2.15. The van der Waals surface area contributed by atoms with Crippen molar-refractivity contribution in [1.82, 2.24) is 0 Å². The van der Waals surface area contributed by atoms with E-state index in [-0.39, 0.29) is 16.1 Å². The van der Waals surface area contributed by atoms with Gasteiger partial charge in [0.1, 0.15) is 5.56 Å². The molecule has 1 amide bonds. The Morgan fingerprint density at radius 2 is 1.45 bits per heavy atom. The molecule has 12 heteroatoms. The average molecular weight is 470 g/mol. The van der Waals surface area contributed by atoms with Gasteiger partial charge in [-0.25, -0.2) is 8.42 Å². The van der Waals surface area contributed by atoms with Crippen LogP contribution in [0.5, 0.6) is 0 Å². The first kappa shape index (κ1) is 23.3. The van der Waals surface area contributed by atoms with E-state index in [0.29, 0.717) is 11.8 Å². The lowest BCUT2D eigenvalue weighted by Gasteiger charge is -2.11. The number of rotatable bonds is 7. The molecule has 0 unspecified atom stereocenters. The molecule has 0 aliphatic rings. The number of hydrogen-bond acceptors (Lipinski definition) is 7. The Morgan fingerprint density at radius 1 is 0.818 bits per heavy atom. The smallest absolute Gasteiger partial charge is 0.289 e. The van der Waals surface area contributed by atoms with Crippen molar-refractivity contribution in [2.75, 3.05) is 10.0 Å². The third kappa shape index (κ3) is 5.30. The van der Waals surface area contributed by atoms with Crippen molar-refractivity contribution in [3.63, 3.8) is 0 Å². The molecule has 0 heterocycles. The summed E-state index contributed by atoms with van der Waals surface area (Å²) in [5, 5.41) is 24.5. The van der Waals surface area contributed by atoms with Crippen LogP contribution in [-0.2, 0) is 10.0 Å². The van der Waals surface area contributed by atoms with Crippen molar-refractivity contribution in [3.8, 4) is 0 Å². The number of hydrogen-bond donors (Lipinski definition) is 2. The van der Waals surface area contributed by atoms with Crippen LogP contribution in [0.25, 0.3) is 0 Å². The van der Waals surface area contributed by atoms with Crippen LogP contribution in [0, 0.1) is 34.1 Å². The molecular weight excluding hydrogens is 452 g/mol. The van der Waals surface area contributed by atoms with Gasteiger partial charge in [-0.1, -0.05) is 6.07 Å². The second kappa shape index (κ2) is 9.04. The van der Waals surface area contributed by atoms with Gasteiger partial charge < -0.3 is 5.32 Å². The van der Waals surface area contributed by atoms with E-state index in [1.165, 1.54) is 24.3 Å². The van der Waals surface area contributed by atoms with Gasteiger partial charge in [-0.05, 0) is 67.4 Å². The molecule has 0 saturated heterocycles. The van der Waals surface area contributed by atoms with Crippen LogP contribution in [0.2, 0.25) is 0 Å². The van der Waals surface area contributed by atoms with Gasteiger partial charge >= 0.3 is 0 Å². The molecule has 3 rings (SSSR count). The Hall–Kier alpha value is -4.32. The molecule has 33 heavy (non-hydrogen) atoms. The fourth-order valence-corrected chi connectivity index (χ4v) is 3.96. The minimum absolute atomic E-state index is 0.0555. The maximum absolute atomic E-state index is 12.6. The summed E-state index contributed by atoms with van der Waals surface area (Å²) in [5.74, 6) is -0.875. The molecule has 0 aliphatic carbocycles. The van der Waals surface area contributed by atoms with Gasteiger partial charge in [-0.2, -0.15) is 0 Å². The fourth-order valence-electron chi connectivity index (χ4n) is 2.91. The molecule has 3 aromatic rings. The summed E-state index contributed by atoms with van der Waals surface area (Å²) in [5.41, 5.74) is 0.903. The van der Waals surface area contributed by atoms with Crippen molar-refractivity contribution in [3.05, 3.63) is 97.6 Å². The third-order valence-corrected chi connectivity index (χ3v) is 6.21. The van der Waals surface area contributed by atoms with Gasteiger partial charge in [0.25, 0.3) is 27.3 Å². The fraction of sp³-hybridized carbons (Fsp3) is 0.0952. The molecule has 0 aromatic heterocycles. The molecular formula is C21H18N4O7S. The Morgan fingerprint density at radius 3 is 2.03 bits per heavy atom. The molecule has 0 spiro atoms. The van der Waals surface area contributed by atoms with E-state index in [9.17, 15) is 33.4 Å². The lowest BCUT2D eigenvalue weighted by atomic mass is 10.1. The Kier molecular flexibility index (Phi) is 6.40. The number of nitrogens with zero attached hydrogens (tertiary/aromatic N) is 2. The van der Waals surface area contributed by atoms with Gasteiger partial charge in [0.05, 0.1) is 20.8 Å². The number of nitro groups is 2. The second-order valence-corrected chi connectivity index (χ2v) is 8.78. The number of carbonyl (C=O) groups is 1. The van der Waals surface area contributed by atoms with E-state index >= 15 is 0 Å². The summed E-state index contributed by atoms with van der Waals surface area (Å²) in [6, 6.07) is 13.0. The number of anilines is 2. The van der Waals surface area contributed by atoms with Gasteiger partial charge in [0.2, 0.25) is 0 Å². The van der Waals surface area contributed by atoms with Gasteiger partial charge in [-0.15, -0.1) is 0 Å². The highest BCUT2D eigenvalue weighted by Gasteiger charge is 2.24. The number of nitrogens with one attached hydrogen (secondary N) is 2. The highest BCUT2D eigenvalue weighted by Crippen LogP contribution is 2.26. The zero-order valence-electron chi connectivity index (χ0n) is 17.4. The molecule has 2 N–H and O–H groups in total. The number of non-ortho nitro benzene ring substituents is 1. The maximum Gasteiger partial charge on any atom is 0.289 e. The first-order valence-corrected chi connectivity index (χ1v) is 10.9. The zero-order valence-corrected chi connectivity index (χ0v) is 18.3. The van der Waals surface area contributed by atoms with Crippen LogP contribution < -0.4 is 10.0 Å². The summed E-state index contributed by atoms with van der Waals surface area (Å²) in [7, 11) is -3.89. The molecule has 0 saturated carbocycles. The van der Waals surface area contributed by atoms with E-state index in [0.717, 1.165) is 23.3 Å². The van der Waals surface area contributed by atoms with Crippen LogP contribution in [0.4, 0.5) is 22.7 Å². The largest absolute Gasteiger partial charge is 0.322 e. The number of aryl methyl sites for hydroxylation is 2. The van der Waals surface area contributed by atoms with E-state index in [2.05, 4.69) is 10.0 Å². The number of amides is 1. The predicted octanol–water partition coefficient (Wildman–Crippen LogP) is 4.17. The first-order valence-electron chi connectivity index (χ1n) is 9.42. The average Bonchev–Trinajstić information content (AvgIpc) is 2.76. The van der Waals surface area contributed by atoms with Crippen LogP contribution >= 0.6 is 0 Å². The SMILES string of the molecule is Cc1ccc(NS(=O)(=O)c2ccc(NC(=O)c3ccc([N+](=O)[O-])cc3[N+](=O)[O-])cc2)cc1C. The number of carbonyl (C=O) groups excluding carboxylic acids is 1. The summed E-state index contributed by atoms with van der Waals surface area (Å²) < 4.78 is 27.7. The number of sulfonamides is 1. The van der Waals surface area contributed by atoms with Crippen molar-refractivity contribution in [2.45, 2.75) is 18.7 Å². The van der Waals surface area contributed by atoms with Crippen LogP contribution in [0.15, 0.2) is 65.6 Å². The van der Waals surface area contributed by atoms with Crippen molar-refractivity contribution < 1.29 is 23.1 Å². The molecule has 0 aliphatic heterocycles. The summed E-state index contributed by atoms with van der Waals surface area (Å²) in [6.07, 6.45) is 0. The monoisotopic (exact) mass is 470 g/mol. The standard InChI is InChI=1S/C21H18N4O7S/c1-13-3-4-16(11-14(13)2)23-33(31,32)18-8-5-15(6-9-18)22-21(26)19-10-7-17(24(27)28)12-20(19)25(29)30/h3-12,23H,1-2H3,(H,22,26). The van der Waals surface area contributed by atoms with E-state index in [4.69, 9.17) is 0 Å². The normalized spacial score (nSPS) is 11.0. The lowest BCUT2D eigenvalue weighted by molar-refractivity contribution is -0.394.